The van der Waals surface area contributed by atoms with Crippen LogP contribution in [-0.2, 0) is 15.6 Å². The molecule has 1 unspecified atom stereocenters. The van der Waals surface area contributed by atoms with Gasteiger partial charge < -0.3 is 19.3 Å². The minimum Gasteiger partial charge on any atom is -0.465 e. The summed E-state index contributed by atoms with van der Waals surface area (Å²) in [6, 6.07) is 26.0. The number of hydrogen-bond donors (Lipinski definition) is 0. The molecule has 1 atom stereocenters. The van der Waals surface area contributed by atoms with Crippen molar-refractivity contribution in [3.8, 4) is 5.75 Å². The molecule has 4 nitrogen and oxygen atoms in total. The Kier molecular flexibility index (Phi) is 7.88. The second kappa shape index (κ2) is 10.6. The molecular formula is C26H33N2O2S+. The second-order valence-electron chi connectivity index (χ2n) is 7.70. The predicted molar refractivity (Wildman–Crippen MR) is 132 cm³/mol. The molecule has 0 aliphatic heterocycles. The van der Waals surface area contributed by atoms with Crippen molar-refractivity contribution in [3.05, 3.63) is 72.8 Å². The van der Waals surface area contributed by atoms with Crippen LogP contribution < -0.4 is 14.5 Å². The molecule has 0 bridgehead atoms. The third-order valence-corrected chi connectivity index (χ3v) is 7.10. The van der Waals surface area contributed by atoms with Crippen LogP contribution in [0.1, 0.15) is 13.8 Å². The smallest absolute Gasteiger partial charge is 0.196 e. The molecule has 0 heterocycles. The Morgan fingerprint density at radius 1 is 0.742 bits per heavy atom. The molecule has 0 aromatic heterocycles. The summed E-state index contributed by atoms with van der Waals surface area (Å²) in [5, 5.41) is 0. The maximum absolute atomic E-state index is 5.87. The van der Waals surface area contributed by atoms with Crippen LogP contribution in [-0.4, -0.2) is 41.1 Å². The van der Waals surface area contributed by atoms with Gasteiger partial charge in [0.1, 0.15) is 5.75 Å². The minimum absolute atomic E-state index is 0.233. The van der Waals surface area contributed by atoms with Gasteiger partial charge in [-0.15, -0.1) is 0 Å². The van der Waals surface area contributed by atoms with Crippen LogP contribution >= 0.6 is 0 Å². The second-order valence-corrected chi connectivity index (χ2v) is 9.73. The van der Waals surface area contributed by atoms with Gasteiger partial charge in [-0.1, -0.05) is 12.1 Å². The van der Waals surface area contributed by atoms with Gasteiger partial charge in [0, 0.05) is 58.3 Å². The standard InChI is InChI=1S/C26H33N2O2S/c1-7-29-20(2)30-23-14-16-24(17-15-23)31(25-12-8-10-21(18-25)27(3)4)26-13-9-11-22(19-26)28(5)6/h8-20H,7H2,1-6H3/q+1. The number of rotatable bonds is 9. The van der Waals surface area contributed by atoms with E-state index in [9.17, 15) is 0 Å². The molecule has 0 fully saturated rings. The number of benzene rings is 3. The number of anilines is 2. The van der Waals surface area contributed by atoms with Crippen molar-refractivity contribution in [2.75, 3.05) is 44.6 Å². The molecule has 0 saturated carbocycles. The Morgan fingerprint density at radius 2 is 1.26 bits per heavy atom. The van der Waals surface area contributed by atoms with Gasteiger partial charge in [0.25, 0.3) is 0 Å². The first-order valence-corrected chi connectivity index (χ1v) is 11.8. The quantitative estimate of drug-likeness (QED) is 0.318. The molecule has 3 rings (SSSR count). The lowest BCUT2D eigenvalue weighted by Gasteiger charge is -2.17. The molecule has 0 aliphatic carbocycles. The lowest BCUT2D eigenvalue weighted by molar-refractivity contribution is -0.0613. The molecule has 3 aromatic carbocycles. The predicted octanol–water partition coefficient (Wildman–Crippen LogP) is 5.68. The monoisotopic (exact) mass is 437 g/mol. The van der Waals surface area contributed by atoms with Crippen molar-refractivity contribution in [3.63, 3.8) is 0 Å². The fraction of sp³-hybridized carbons (Fsp3) is 0.308. The van der Waals surface area contributed by atoms with E-state index in [0.29, 0.717) is 6.61 Å². The highest BCUT2D eigenvalue weighted by molar-refractivity contribution is 7.97. The van der Waals surface area contributed by atoms with Crippen molar-refractivity contribution in [1.29, 1.82) is 0 Å². The average Bonchev–Trinajstić information content (AvgIpc) is 2.76. The molecule has 0 spiro atoms. The van der Waals surface area contributed by atoms with E-state index < -0.39 is 0 Å². The van der Waals surface area contributed by atoms with Crippen molar-refractivity contribution in [1.82, 2.24) is 0 Å². The van der Waals surface area contributed by atoms with Crippen LogP contribution in [0.4, 0.5) is 11.4 Å². The third-order valence-electron chi connectivity index (χ3n) is 4.90. The highest BCUT2D eigenvalue weighted by Gasteiger charge is 2.29. The van der Waals surface area contributed by atoms with E-state index >= 15 is 0 Å². The highest BCUT2D eigenvalue weighted by Crippen LogP contribution is 2.35. The zero-order chi connectivity index (χ0) is 22.4. The van der Waals surface area contributed by atoms with Crippen molar-refractivity contribution in [2.45, 2.75) is 34.8 Å². The van der Waals surface area contributed by atoms with E-state index in [2.05, 4.69) is 98.7 Å². The van der Waals surface area contributed by atoms with Gasteiger partial charge in [-0.05, 0) is 62.4 Å². The van der Waals surface area contributed by atoms with Crippen LogP contribution in [0, 0.1) is 0 Å². The van der Waals surface area contributed by atoms with E-state index in [1.165, 1.54) is 26.1 Å². The lowest BCUT2D eigenvalue weighted by Crippen LogP contribution is -2.16. The summed E-state index contributed by atoms with van der Waals surface area (Å²) in [7, 11) is 8.08. The summed E-state index contributed by atoms with van der Waals surface area (Å²) >= 11 is 0. The van der Waals surface area contributed by atoms with Gasteiger partial charge in [-0.2, -0.15) is 0 Å². The molecule has 0 radical (unpaired) electrons. The summed E-state index contributed by atoms with van der Waals surface area (Å²) in [6.45, 7) is 4.52. The highest BCUT2D eigenvalue weighted by atomic mass is 32.2. The molecule has 3 aromatic rings. The molecule has 31 heavy (non-hydrogen) atoms. The van der Waals surface area contributed by atoms with Gasteiger partial charge in [-0.3, -0.25) is 0 Å². The maximum Gasteiger partial charge on any atom is 0.196 e. The fourth-order valence-corrected chi connectivity index (χ4v) is 5.43. The molecule has 0 amide bonds. The van der Waals surface area contributed by atoms with Gasteiger partial charge in [0.2, 0.25) is 0 Å². The normalized spacial score (nSPS) is 12.0. The van der Waals surface area contributed by atoms with Crippen LogP contribution in [0.25, 0.3) is 0 Å². The summed E-state index contributed by atoms with van der Waals surface area (Å²) in [5.74, 6) is 0.817. The largest absolute Gasteiger partial charge is 0.465 e. The molecule has 0 saturated heterocycles. The summed E-state index contributed by atoms with van der Waals surface area (Å²) < 4.78 is 11.4. The van der Waals surface area contributed by atoms with E-state index in [1.54, 1.807) is 0 Å². The Morgan fingerprint density at radius 3 is 1.71 bits per heavy atom. The molecule has 5 heteroatoms. The Hall–Kier alpha value is -2.63. The Balaban J connectivity index is 2.02. The Labute approximate surface area is 189 Å². The first kappa shape index (κ1) is 23.0. The minimum atomic E-state index is -0.261. The van der Waals surface area contributed by atoms with Crippen LogP contribution in [0.3, 0.4) is 0 Å². The van der Waals surface area contributed by atoms with Gasteiger partial charge in [0.05, 0.1) is 10.9 Å². The molecule has 164 valence electrons. The van der Waals surface area contributed by atoms with Crippen LogP contribution in [0.2, 0.25) is 0 Å². The van der Waals surface area contributed by atoms with E-state index in [-0.39, 0.29) is 17.2 Å². The zero-order valence-corrected chi connectivity index (χ0v) is 20.1. The topological polar surface area (TPSA) is 24.9 Å². The third kappa shape index (κ3) is 5.96. The molecular weight excluding hydrogens is 404 g/mol. The number of ether oxygens (including phenoxy) is 2. The SMILES string of the molecule is CCOC(C)Oc1ccc([S+](c2cccc(N(C)C)c2)c2cccc(N(C)C)c2)cc1. The average molecular weight is 438 g/mol. The van der Waals surface area contributed by atoms with Gasteiger partial charge in [-0.25, -0.2) is 0 Å². The van der Waals surface area contributed by atoms with E-state index in [1.807, 2.05) is 26.0 Å². The van der Waals surface area contributed by atoms with Gasteiger partial charge in [0.15, 0.2) is 21.0 Å². The van der Waals surface area contributed by atoms with Crippen molar-refractivity contribution in [2.24, 2.45) is 0 Å². The fourth-order valence-electron chi connectivity index (χ4n) is 3.30. The maximum atomic E-state index is 5.87. The summed E-state index contributed by atoms with van der Waals surface area (Å²) in [5.41, 5.74) is 2.40. The van der Waals surface area contributed by atoms with Crippen molar-refractivity contribution < 1.29 is 9.47 Å². The first-order chi connectivity index (χ1) is 14.9. The van der Waals surface area contributed by atoms with Crippen molar-refractivity contribution >= 4 is 22.3 Å². The lowest BCUT2D eigenvalue weighted by atomic mass is 10.3. The number of hydrogen-bond acceptors (Lipinski definition) is 4. The van der Waals surface area contributed by atoms with Gasteiger partial charge >= 0.3 is 0 Å². The van der Waals surface area contributed by atoms with E-state index in [4.69, 9.17) is 9.47 Å². The van der Waals surface area contributed by atoms with Crippen LogP contribution in [0.15, 0.2) is 87.5 Å². The molecule has 0 N–H and O–H groups in total. The van der Waals surface area contributed by atoms with E-state index in [0.717, 1.165) is 5.75 Å². The molecule has 0 aliphatic rings. The van der Waals surface area contributed by atoms with Crippen LogP contribution in [0.5, 0.6) is 5.75 Å². The summed E-state index contributed by atoms with van der Waals surface area (Å²) in [4.78, 5) is 8.13. The summed E-state index contributed by atoms with van der Waals surface area (Å²) in [6.07, 6.45) is -0.261. The Bertz CT molecular complexity index is 922. The number of nitrogens with zero attached hydrogens (tertiary/aromatic N) is 2. The first-order valence-electron chi connectivity index (χ1n) is 10.6. The zero-order valence-electron chi connectivity index (χ0n) is 19.3.